The molecule has 3 heterocycles. The molecule has 140 valence electrons. The van der Waals surface area contributed by atoms with Crippen molar-refractivity contribution in [3.63, 3.8) is 0 Å². The van der Waals surface area contributed by atoms with Gasteiger partial charge in [-0.15, -0.1) is 11.3 Å². The first kappa shape index (κ1) is 17.9. The molecule has 27 heavy (non-hydrogen) atoms. The number of thiophene rings is 1. The molecule has 8 heteroatoms. The molecule has 4 rings (SSSR count). The predicted molar refractivity (Wildman–Crippen MR) is 101 cm³/mol. The minimum atomic E-state index is -0.592. The number of esters is 1. The van der Waals surface area contributed by atoms with Crippen molar-refractivity contribution in [3.05, 3.63) is 50.7 Å². The number of hydrogen-bond donors (Lipinski definition) is 0. The molecule has 2 aliphatic rings. The van der Waals surface area contributed by atoms with Gasteiger partial charge in [-0.3, -0.25) is 4.79 Å². The largest absolute Gasteiger partial charge is 0.454 e. The average Bonchev–Trinajstić information content (AvgIpc) is 3.32. The highest BCUT2D eigenvalue weighted by Gasteiger charge is 2.22. The number of amides is 1. The summed E-state index contributed by atoms with van der Waals surface area (Å²) in [6.45, 7) is 1.07. The van der Waals surface area contributed by atoms with Crippen LogP contribution < -0.4 is 9.47 Å². The minimum Gasteiger partial charge on any atom is -0.454 e. The maximum absolute atomic E-state index is 12.3. The smallest absolute Gasteiger partial charge is 0.331 e. The van der Waals surface area contributed by atoms with Crippen molar-refractivity contribution in [2.45, 2.75) is 13.0 Å². The standard InChI is InChI=1S/C19H16ClNO5S/c20-14-7-12(8-15-19(14)26-11-25-15)1-2-18(23)24-10-17(22)21-5-3-16-13(9-21)4-6-27-16/h1-2,4,6-8H,3,5,9-11H2. The quantitative estimate of drug-likeness (QED) is 0.577. The van der Waals surface area contributed by atoms with E-state index in [4.69, 9.17) is 25.8 Å². The highest BCUT2D eigenvalue weighted by Crippen LogP contribution is 2.40. The van der Waals surface area contributed by atoms with E-state index in [1.54, 1.807) is 34.4 Å². The van der Waals surface area contributed by atoms with Crippen LogP contribution in [0.1, 0.15) is 16.0 Å². The van der Waals surface area contributed by atoms with Crippen molar-refractivity contribution in [2.75, 3.05) is 19.9 Å². The third-order valence-electron chi connectivity index (χ3n) is 4.36. The molecule has 0 unspecified atom stereocenters. The summed E-state index contributed by atoms with van der Waals surface area (Å²) in [7, 11) is 0. The average molecular weight is 406 g/mol. The molecule has 0 saturated heterocycles. The number of fused-ring (bicyclic) bond motifs is 2. The Bertz CT molecular complexity index is 923. The third kappa shape index (κ3) is 3.94. The number of rotatable bonds is 4. The summed E-state index contributed by atoms with van der Waals surface area (Å²) < 4.78 is 15.6. The van der Waals surface area contributed by atoms with E-state index in [1.165, 1.54) is 16.5 Å². The highest BCUT2D eigenvalue weighted by atomic mass is 35.5. The molecule has 1 amide bonds. The Morgan fingerprint density at radius 2 is 2.22 bits per heavy atom. The van der Waals surface area contributed by atoms with Crippen LogP contribution in [0.5, 0.6) is 11.5 Å². The number of benzene rings is 1. The zero-order valence-corrected chi connectivity index (χ0v) is 15.8. The Kier molecular flexibility index (Phi) is 5.05. The van der Waals surface area contributed by atoms with Gasteiger partial charge in [0.1, 0.15) is 0 Å². The molecule has 0 saturated carbocycles. The van der Waals surface area contributed by atoms with Crippen LogP contribution in [-0.2, 0) is 27.3 Å². The van der Waals surface area contributed by atoms with E-state index in [1.807, 2.05) is 11.4 Å². The van der Waals surface area contributed by atoms with E-state index in [0.29, 0.717) is 35.2 Å². The van der Waals surface area contributed by atoms with Crippen LogP contribution in [0.2, 0.25) is 5.02 Å². The van der Waals surface area contributed by atoms with Crippen LogP contribution >= 0.6 is 22.9 Å². The first-order valence-corrected chi connectivity index (χ1v) is 9.63. The maximum atomic E-state index is 12.3. The van der Waals surface area contributed by atoms with E-state index < -0.39 is 5.97 Å². The highest BCUT2D eigenvalue weighted by molar-refractivity contribution is 7.10. The number of halogens is 1. The van der Waals surface area contributed by atoms with Crippen LogP contribution in [0.25, 0.3) is 6.08 Å². The summed E-state index contributed by atoms with van der Waals surface area (Å²) in [6.07, 6.45) is 3.66. The third-order valence-corrected chi connectivity index (χ3v) is 5.66. The Labute approximate surface area is 164 Å². The lowest BCUT2D eigenvalue weighted by Gasteiger charge is -2.26. The molecule has 0 atom stereocenters. The summed E-state index contributed by atoms with van der Waals surface area (Å²) in [5.74, 6) is 0.242. The zero-order valence-electron chi connectivity index (χ0n) is 14.3. The van der Waals surface area contributed by atoms with Crippen molar-refractivity contribution < 1.29 is 23.8 Å². The maximum Gasteiger partial charge on any atom is 0.331 e. The lowest BCUT2D eigenvalue weighted by atomic mass is 10.1. The monoisotopic (exact) mass is 405 g/mol. The second-order valence-corrected chi connectivity index (χ2v) is 7.52. The molecule has 0 spiro atoms. The molecule has 0 fully saturated rings. The van der Waals surface area contributed by atoms with E-state index >= 15 is 0 Å². The molecule has 6 nitrogen and oxygen atoms in total. The number of carbonyl (C=O) groups excluding carboxylic acids is 2. The summed E-state index contributed by atoms with van der Waals surface area (Å²) in [5.41, 5.74) is 1.85. The fourth-order valence-corrected chi connectivity index (χ4v) is 4.14. The minimum absolute atomic E-state index is 0.121. The van der Waals surface area contributed by atoms with Crippen molar-refractivity contribution >= 4 is 40.9 Å². The molecule has 2 aromatic rings. The van der Waals surface area contributed by atoms with Gasteiger partial charge in [0.05, 0.1) is 5.02 Å². The topological polar surface area (TPSA) is 65.1 Å². The lowest BCUT2D eigenvalue weighted by molar-refractivity contribution is -0.148. The first-order chi connectivity index (χ1) is 13.1. The van der Waals surface area contributed by atoms with Crippen molar-refractivity contribution in [2.24, 2.45) is 0 Å². The Balaban J connectivity index is 1.30. The number of nitrogens with zero attached hydrogens (tertiary/aromatic N) is 1. The van der Waals surface area contributed by atoms with E-state index in [9.17, 15) is 9.59 Å². The van der Waals surface area contributed by atoms with Gasteiger partial charge < -0.3 is 19.1 Å². The van der Waals surface area contributed by atoms with Crippen LogP contribution in [0.3, 0.4) is 0 Å². The number of ether oxygens (including phenoxy) is 3. The Hall–Kier alpha value is -2.51. The van der Waals surface area contributed by atoms with Crippen LogP contribution in [-0.4, -0.2) is 36.7 Å². The summed E-state index contributed by atoms with van der Waals surface area (Å²) >= 11 is 7.81. The molecule has 2 aliphatic heterocycles. The molecular weight excluding hydrogens is 390 g/mol. The van der Waals surface area contributed by atoms with E-state index in [-0.39, 0.29) is 19.3 Å². The van der Waals surface area contributed by atoms with Gasteiger partial charge in [0.2, 0.25) is 6.79 Å². The van der Waals surface area contributed by atoms with Gasteiger partial charge in [-0.2, -0.15) is 0 Å². The first-order valence-electron chi connectivity index (χ1n) is 8.37. The molecule has 1 aromatic heterocycles. The Morgan fingerprint density at radius 3 is 3.11 bits per heavy atom. The van der Waals surface area contributed by atoms with E-state index in [2.05, 4.69) is 0 Å². The van der Waals surface area contributed by atoms with Gasteiger partial charge in [-0.25, -0.2) is 4.79 Å². The summed E-state index contributed by atoms with van der Waals surface area (Å²) in [5, 5.41) is 2.44. The molecule has 0 aliphatic carbocycles. The fraction of sp³-hybridized carbons (Fsp3) is 0.263. The normalized spacial score (nSPS) is 15.1. The zero-order chi connectivity index (χ0) is 18.8. The van der Waals surface area contributed by atoms with E-state index in [0.717, 1.165) is 6.42 Å². The fourth-order valence-electron chi connectivity index (χ4n) is 2.98. The predicted octanol–water partition coefficient (Wildman–Crippen LogP) is 3.27. The van der Waals surface area contributed by atoms with Gasteiger partial charge in [0.15, 0.2) is 18.1 Å². The Morgan fingerprint density at radius 1 is 1.33 bits per heavy atom. The molecule has 0 bridgehead atoms. The van der Waals surface area contributed by atoms with Gasteiger partial charge in [-0.1, -0.05) is 11.6 Å². The van der Waals surface area contributed by atoms with Gasteiger partial charge in [0.25, 0.3) is 5.91 Å². The van der Waals surface area contributed by atoms with Gasteiger partial charge in [-0.05, 0) is 47.2 Å². The van der Waals surface area contributed by atoms with Crippen molar-refractivity contribution in [1.82, 2.24) is 4.90 Å². The van der Waals surface area contributed by atoms with Gasteiger partial charge >= 0.3 is 5.97 Å². The molecular formula is C19H16ClNO5S. The molecule has 0 radical (unpaired) electrons. The lowest BCUT2D eigenvalue weighted by Crippen LogP contribution is -2.38. The number of hydrogen-bond acceptors (Lipinski definition) is 6. The van der Waals surface area contributed by atoms with Crippen molar-refractivity contribution in [3.8, 4) is 11.5 Å². The second-order valence-electron chi connectivity index (χ2n) is 6.11. The van der Waals surface area contributed by atoms with Crippen LogP contribution in [0, 0.1) is 0 Å². The summed E-state index contributed by atoms with van der Waals surface area (Å²) in [4.78, 5) is 27.2. The molecule has 0 N–H and O–H groups in total. The summed E-state index contributed by atoms with van der Waals surface area (Å²) in [6, 6.07) is 5.41. The molecule has 1 aromatic carbocycles. The van der Waals surface area contributed by atoms with Crippen LogP contribution in [0.15, 0.2) is 29.7 Å². The van der Waals surface area contributed by atoms with Crippen LogP contribution in [0.4, 0.5) is 0 Å². The number of carbonyl (C=O) groups is 2. The second kappa shape index (κ2) is 7.62. The van der Waals surface area contributed by atoms with Gasteiger partial charge in [0, 0.05) is 24.0 Å². The van der Waals surface area contributed by atoms with Crippen molar-refractivity contribution in [1.29, 1.82) is 0 Å². The SMILES string of the molecule is O=C(C=Cc1cc(Cl)c2c(c1)OCO2)OCC(=O)N1CCc2sccc2C1.